The van der Waals surface area contributed by atoms with Crippen LogP contribution in [-0.2, 0) is 6.18 Å². The molecule has 3 aromatic rings. The summed E-state index contributed by atoms with van der Waals surface area (Å²) in [7, 11) is 2.01. The number of hydrogen-bond donors (Lipinski definition) is 2. The Morgan fingerprint density at radius 1 is 0.973 bits per heavy atom. The fraction of sp³-hybridized carbons (Fsp3) is 0.250. The van der Waals surface area contributed by atoms with Gasteiger partial charge in [0.25, 0.3) is 5.91 Å². The number of rotatable bonds is 5. The molecule has 0 aliphatic carbocycles. The number of carbonyl (C=O) groups is 2. The number of amides is 3. The van der Waals surface area contributed by atoms with Crippen molar-refractivity contribution >= 4 is 46.7 Å². The van der Waals surface area contributed by atoms with Crippen LogP contribution in [0, 0.1) is 0 Å². The minimum atomic E-state index is -4.64. The van der Waals surface area contributed by atoms with Gasteiger partial charge in [-0.05, 0) is 55.6 Å². The fourth-order valence-corrected chi connectivity index (χ4v) is 4.49. The zero-order chi connectivity index (χ0) is 26.6. The molecule has 1 aromatic heterocycles. The molecule has 0 unspecified atom stereocenters. The second-order valence-electron chi connectivity index (χ2n) is 8.21. The molecule has 2 aromatic carbocycles. The first-order valence-electron chi connectivity index (χ1n) is 11.1. The Balaban J connectivity index is 1.35. The molecule has 2 N–H and O–H groups in total. The number of anilines is 2. The minimum absolute atomic E-state index is 0.0490. The average Bonchev–Trinajstić information content (AvgIpc) is 2.86. The van der Waals surface area contributed by atoms with E-state index in [0.717, 1.165) is 30.1 Å². The lowest BCUT2D eigenvalue weighted by molar-refractivity contribution is -0.137. The number of hydrogen-bond acceptors (Lipinski definition) is 6. The summed E-state index contributed by atoms with van der Waals surface area (Å²) in [5.74, 6) is -0.0652. The molecule has 0 radical (unpaired) electrons. The summed E-state index contributed by atoms with van der Waals surface area (Å²) < 4.78 is 39.1. The van der Waals surface area contributed by atoms with Gasteiger partial charge in [0.15, 0.2) is 0 Å². The zero-order valence-corrected chi connectivity index (χ0v) is 21.1. The van der Waals surface area contributed by atoms with E-state index in [0.29, 0.717) is 23.8 Å². The third kappa shape index (κ3) is 7.12. The van der Waals surface area contributed by atoms with Crippen molar-refractivity contribution < 1.29 is 22.8 Å². The highest BCUT2D eigenvalue weighted by Crippen LogP contribution is 2.36. The summed E-state index contributed by atoms with van der Waals surface area (Å²) in [6, 6.07) is 10.9. The zero-order valence-electron chi connectivity index (χ0n) is 19.6. The number of nitrogens with one attached hydrogen (secondary N) is 2. The average molecular weight is 551 g/mol. The van der Waals surface area contributed by atoms with E-state index in [1.807, 2.05) is 7.05 Å². The van der Waals surface area contributed by atoms with Crippen LogP contribution in [0.2, 0.25) is 5.02 Å². The first-order chi connectivity index (χ1) is 17.6. The van der Waals surface area contributed by atoms with Gasteiger partial charge >= 0.3 is 12.2 Å². The predicted molar refractivity (Wildman–Crippen MR) is 135 cm³/mol. The quantitative estimate of drug-likeness (QED) is 0.417. The summed E-state index contributed by atoms with van der Waals surface area (Å²) in [6.07, 6.45) is -3.10. The molecule has 1 aliphatic heterocycles. The third-order valence-electron chi connectivity index (χ3n) is 5.48. The topological polar surface area (TPSA) is 90.5 Å². The number of piperazine rings is 1. The molecule has 2 heterocycles. The normalized spacial score (nSPS) is 14.4. The second-order valence-corrected chi connectivity index (χ2v) is 9.71. The summed E-state index contributed by atoms with van der Waals surface area (Å²) >= 11 is 6.93. The fourth-order valence-electron chi connectivity index (χ4n) is 3.49. The number of alkyl halides is 3. The van der Waals surface area contributed by atoms with Gasteiger partial charge in [0.2, 0.25) is 5.82 Å². The molecular weight excluding hydrogens is 529 g/mol. The van der Waals surface area contributed by atoms with Crippen molar-refractivity contribution in [1.29, 1.82) is 0 Å². The van der Waals surface area contributed by atoms with E-state index < -0.39 is 22.8 Å². The third-order valence-corrected chi connectivity index (χ3v) is 6.75. The van der Waals surface area contributed by atoms with Gasteiger partial charge in [-0.3, -0.25) is 4.79 Å². The largest absolute Gasteiger partial charge is 0.417 e. The molecule has 4 rings (SSSR count). The van der Waals surface area contributed by atoms with Crippen molar-refractivity contribution in [2.45, 2.75) is 16.1 Å². The molecular formula is C24H22ClF3N6O2S. The molecule has 0 spiro atoms. The molecule has 1 saturated heterocycles. The van der Waals surface area contributed by atoms with Gasteiger partial charge in [0.05, 0.1) is 10.6 Å². The Morgan fingerprint density at radius 2 is 1.62 bits per heavy atom. The van der Waals surface area contributed by atoms with E-state index in [4.69, 9.17) is 11.6 Å². The standard InChI is InChI=1S/C24H22ClF3N6O2S/c1-33-10-12-34(13-11-33)22(35)21-29-9-8-20(32-21)37-17-5-2-15(3-6-17)30-23(36)31-16-4-7-19(25)18(14-16)24(26,27)28/h2-9,14H,10-13H2,1H3,(H2,30,31,36). The van der Waals surface area contributed by atoms with Crippen LogP contribution < -0.4 is 10.6 Å². The minimum Gasteiger partial charge on any atom is -0.333 e. The van der Waals surface area contributed by atoms with Crippen molar-refractivity contribution in [3.63, 3.8) is 0 Å². The maximum absolute atomic E-state index is 13.0. The Labute approximate surface area is 220 Å². The van der Waals surface area contributed by atoms with Crippen LogP contribution in [0.3, 0.4) is 0 Å². The summed E-state index contributed by atoms with van der Waals surface area (Å²) in [6.45, 7) is 2.85. The molecule has 194 valence electrons. The molecule has 3 amide bonds. The molecule has 1 aliphatic rings. The highest BCUT2D eigenvalue weighted by molar-refractivity contribution is 7.99. The first-order valence-corrected chi connectivity index (χ1v) is 12.3. The van der Waals surface area contributed by atoms with Crippen LogP contribution in [0.5, 0.6) is 0 Å². The number of benzene rings is 2. The molecule has 13 heteroatoms. The molecule has 1 fully saturated rings. The van der Waals surface area contributed by atoms with Gasteiger partial charge in [-0.15, -0.1) is 0 Å². The van der Waals surface area contributed by atoms with Crippen LogP contribution in [0.25, 0.3) is 0 Å². The first kappa shape index (κ1) is 26.7. The molecule has 0 bridgehead atoms. The highest BCUT2D eigenvalue weighted by Gasteiger charge is 2.33. The Hall–Kier alpha value is -3.35. The number of halogens is 4. The second kappa shape index (κ2) is 11.4. The Bertz CT molecular complexity index is 1280. The van der Waals surface area contributed by atoms with Gasteiger partial charge in [-0.1, -0.05) is 23.4 Å². The van der Waals surface area contributed by atoms with Crippen LogP contribution in [-0.4, -0.2) is 64.9 Å². The van der Waals surface area contributed by atoms with Gasteiger partial charge in [-0.2, -0.15) is 13.2 Å². The van der Waals surface area contributed by atoms with Crippen molar-refractivity contribution in [3.8, 4) is 0 Å². The number of nitrogens with zero attached hydrogens (tertiary/aromatic N) is 4. The van der Waals surface area contributed by atoms with E-state index in [2.05, 4.69) is 25.5 Å². The Kier molecular flexibility index (Phi) is 8.20. The van der Waals surface area contributed by atoms with Crippen molar-refractivity contribution in [1.82, 2.24) is 19.8 Å². The maximum atomic E-state index is 13.0. The maximum Gasteiger partial charge on any atom is 0.417 e. The van der Waals surface area contributed by atoms with Crippen molar-refractivity contribution in [3.05, 3.63) is 71.1 Å². The monoisotopic (exact) mass is 550 g/mol. The van der Waals surface area contributed by atoms with E-state index in [9.17, 15) is 22.8 Å². The molecule has 0 saturated carbocycles. The molecule has 37 heavy (non-hydrogen) atoms. The van der Waals surface area contributed by atoms with E-state index in [1.54, 1.807) is 41.4 Å². The van der Waals surface area contributed by atoms with Crippen LogP contribution in [0.4, 0.5) is 29.3 Å². The number of carbonyl (C=O) groups excluding carboxylic acids is 2. The SMILES string of the molecule is CN1CCN(C(=O)c2nccc(Sc3ccc(NC(=O)Nc4ccc(Cl)c(C(F)(F)F)c4)cc3)n2)CC1. The van der Waals surface area contributed by atoms with Crippen molar-refractivity contribution in [2.24, 2.45) is 0 Å². The highest BCUT2D eigenvalue weighted by atomic mass is 35.5. The van der Waals surface area contributed by atoms with Crippen LogP contribution in [0.1, 0.15) is 16.2 Å². The van der Waals surface area contributed by atoms with Crippen LogP contribution >= 0.6 is 23.4 Å². The lowest BCUT2D eigenvalue weighted by Gasteiger charge is -2.31. The number of likely N-dealkylation sites (N-methyl/N-ethyl adjacent to an activating group) is 1. The lowest BCUT2D eigenvalue weighted by Crippen LogP contribution is -2.47. The Morgan fingerprint density at radius 3 is 2.30 bits per heavy atom. The summed E-state index contributed by atoms with van der Waals surface area (Å²) in [5, 5.41) is 5.07. The summed E-state index contributed by atoms with van der Waals surface area (Å²) in [5.41, 5.74) is -0.654. The van der Waals surface area contributed by atoms with Crippen molar-refractivity contribution in [2.75, 3.05) is 43.9 Å². The predicted octanol–water partition coefficient (Wildman–Crippen LogP) is 5.33. The van der Waals surface area contributed by atoms with Gasteiger partial charge < -0.3 is 20.4 Å². The number of aromatic nitrogens is 2. The smallest absolute Gasteiger partial charge is 0.333 e. The van der Waals surface area contributed by atoms with Gasteiger partial charge in [0.1, 0.15) is 5.03 Å². The van der Waals surface area contributed by atoms with E-state index in [1.165, 1.54) is 17.8 Å². The molecule has 8 nitrogen and oxygen atoms in total. The summed E-state index contributed by atoms with van der Waals surface area (Å²) in [4.78, 5) is 38.2. The number of urea groups is 1. The van der Waals surface area contributed by atoms with Gasteiger partial charge in [-0.25, -0.2) is 14.8 Å². The van der Waals surface area contributed by atoms with E-state index in [-0.39, 0.29) is 17.4 Å². The van der Waals surface area contributed by atoms with Gasteiger partial charge in [0, 0.05) is 48.6 Å². The van der Waals surface area contributed by atoms with E-state index >= 15 is 0 Å². The van der Waals surface area contributed by atoms with Crippen LogP contribution in [0.15, 0.2) is 64.6 Å². The lowest BCUT2D eigenvalue weighted by atomic mass is 10.2. The molecule has 0 atom stereocenters.